The third kappa shape index (κ3) is 1.96. The second kappa shape index (κ2) is 4.37. The van der Waals surface area contributed by atoms with E-state index in [1.54, 1.807) is 0 Å². The van der Waals surface area contributed by atoms with Crippen molar-refractivity contribution in [3.63, 3.8) is 0 Å². The summed E-state index contributed by atoms with van der Waals surface area (Å²) in [6, 6.07) is 8.61. The lowest BCUT2D eigenvalue weighted by Gasteiger charge is -2.05. The SMILES string of the molecule is CC(CS)Cc1scc2ccccc12. The van der Waals surface area contributed by atoms with Crippen LogP contribution in [0, 0.1) is 5.92 Å². The zero-order chi connectivity index (χ0) is 9.97. The number of thiol groups is 1. The van der Waals surface area contributed by atoms with Crippen LogP contribution in [0.4, 0.5) is 0 Å². The summed E-state index contributed by atoms with van der Waals surface area (Å²) in [5, 5.41) is 5.04. The molecule has 1 heterocycles. The lowest BCUT2D eigenvalue weighted by atomic mass is 10.1. The van der Waals surface area contributed by atoms with Crippen molar-refractivity contribution in [2.24, 2.45) is 5.92 Å². The van der Waals surface area contributed by atoms with Crippen molar-refractivity contribution < 1.29 is 0 Å². The van der Waals surface area contributed by atoms with Gasteiger partial charge in [-0.05, 0) is 34.2 Å². The van der Waals surface area contributed by atoms with Crippen molar-refractivity contribution in [1.82, 2.24) is 0 Å². The molecule has 1 aromatic heterocycles. The summed E-state index contributed by atoms with van der Waals surface area (Å²) in [7, 11) is 0. The maximum Gasteiger partial charge on any atom is 0.0127 e. The molecular weight excluding hydrogens is 208 g/mol. The van der Waals surface area contributed by atoms with Crippen LogP contribution >= 0.6 is 24.0 Å². The first-order valence-electron chi connectivity index (χ1n) is 4.87. The molecule has 0 N–H and O–H groups in total. The fourth-order valence-corrected chi connectivity index (χ4v) is 2.89. The third-order valence-corrected chi connectivity index (χ3v) is 4.10. The highest BCUT2D eigenvalue weighted by atomic mass is 32.1. The first kappa shape index (κ1) is 10.1. The van der Waals surface area contributed by atoms with E-state index in [2.05, 4.69) is 49.2 Å². The normalized spacial score (nSPS) is 13.3. The Labute approximate surface area is 94.4 Å². The zero-order valence-electron chi connectivity index (χ0n) is 8.23. The van der Waals surface area contributed by atoms with Crippen LogP contribution in [-0.4, -0.2) is 5.75 Å². The Hall–Kier alpha value is -0.470. The summed E-state index contributed by atoms with van der Waals surface area (Å²) in [6.07, 6.45) is 1.15. The number of hydrogen-bond acceptors (Lipinski definition) is 2. The van der Waals surface area contributed by atoms with Crippen molar-refractivity contribution in [2.75, 3.05) is 5.75 Å². The fraction of sp³-hybridized carbons (Fsp3) is 0.333. The number of thiophene rings is 1. The number of fused-ring (bicyclic) bond motifs is 1. The summed E-state index contributed by atoms with van der Waals surface area (Å²) in [5.41, 5.74) is 0. The smallest absolute Gasteiger partial charge is 0.0127 e. The molecule has 0 aliphatic rings. The Morgan fingerprint density at radius 3 is 2.93 bits per heavy atom. The monoisotopic (exact) mass is 222 g/mol. The molecule has 0 saturated carbocycles. The molecule has 0 aliphatic carbocycles. The van der Waals surface area contributed by atoms with E-state index in [1.165, 1.54) is 15.6 Å². The fourth-order valence-electron chi connectivity index (χ4n) is 1.59. The Balaban J connectivity index is 2.33. The van der Waals surface area contributed by atoms with E-state index in [-0.39, 0.29) is 0 Å². The highest BCUT2D eigenvalue weighted by molar-refractivity contribution is 7.80. The summed E-state index contributed by atoms with van der Waals surface area (Å²) in [5.74, 6) is 1.63. The molecule has 2 heteroatoms. The van der Waals surface area contributed by atoms with Gasteiger partial charge in [0.25, 0.3) is 0 Å². The molecule has 2 rings (SSSR count). The molecule has 0 nitrogen and oxygen atoms in total. The van der Waals surface area contributed by atoms with Crippen LogP contribution in [-0.2, 0) is 6.42 Å². The maximum absolute atomic E-state index is 4.33. The van der Waals surface area contributed by atoms with Gasteiger partial charge < -0.3 is 0 Å². The van der Waals surface area contributed by atoms with Crippen LogP contribution in [0.25, 0.3) is 10.8 Å². The summed E-state index contributed by atoms with van der Waals surface area (Å²) < 4.78 is 0. The van der Waals surface area contributed by atoms with E-state index >= 15 is 0 Å². The van der Waals surface area contributed by atoms with Gasteiger partial charge in [0, 0.05) is 4.88 Å². The van der Waals surface area contributed by atoms with Crippen LogP contribution in [0.2, 0.25) is 0 Å². The molecule has 0 spiro atoms. The van der Waals surface area contributed by atoms with Gasteiger partial charge in [-0.25, -0.2) is 0 Å². The molecule has 74 valence electrons. The van der Waals surface area contributed by atoms with E-state index in [4.69, 9.17) is 0 Å². The second-order valence-electron chi connectivity index (χ2n) is 3.74. The van der Waals surface area contributed by atoms with Gasteiger partial charge in [0.2, 0.25) is 0 Å². The quantitative estimate of drug-likeness (QED) is 0.745. The van der Waals surface area contributed by atoms with Crippen LogP contribution < -0.4 is 0 Å². The van der Waals surface area contributed by atoms with Crippen LogP contribution in [0.1, 0.15) is 11.8 Å². The van der Waals surface area contributed by atoms with Crippen LogP contribution in [0.3, 0.4) is 0 Å². The topological polar surface area (TPSA) is 0 Å². The van der Waals surface area contributed by atoms with Crippen LogP contribution in [0.15, 0.2) is 29.6 Å². The molecule has 1 atom stereocenters. The molecular formula is C12H14S2. The van der Waals surface area contributed by atoms with Gasteiger partial charge >= 0.3 is 0 Å². The van der Waals surface area contributed by atoms with Gasteiger partial charge in [-0.3, -0.25) is 0 Å². The van der Waals surface area contributed by atoms with Crippen molar-refractivity contribution >= 4 is 34.7 Å². The molecule has 0 fully saturated rings. The third-order valence-electron chi connectivity index (χ3n) is 2.43. The minimum Gasteiger partial charge on any atom is -0.179 e. The predicted octanol–water partition coefficient (Wildman–Crippen LogP) is 4.01. The van der Waals surface area contributed by atoms with Gasteiger partial charge in [0.05, 0.1) is 0 Å². The largest absolute Gasteiger partial charge is 0.179 e. The lowest BCUT2D eigenvalue weighted by molar-refractivity contribution is 0.670. The lowest BCUT2D eigenvalue weighted by Crippen LogP contribution is -1.99. The van der Waals surface area contributed by atoms with E-state index in [9.17, 15) is 0 Å². The first-order chi connectivity index (χ1) is 6.81. The zero-order valence-corrected chi connectivity index (χ0v) is 9.94. The van der Waals surface area contributed by atoms with E-state index in [0.717, 1.165) is 12.2 Å². The first-order valence-corrected chi connectivity index (χ1v) is 6.38. The average Bonchev–Trinajstić information content (AvgIpc) is 2.62. The van der Waals surface area contributed by atoms with E-state index in [0.29, 0.717) is 5.92 Å². The van der Waals surface area contributed by atoms with Crippen molar-refractivity contribution in [3.05, 3.63) is 34.5 Å². The Kier molecular flexibility index (Phi) is 3.14. The Morgan fingerprint density at radius 1 is 1.36 bits per heavy atom. The Bertz CT molecular complexity index is 417. The summed E-state index contributed by atoms with van der Waals surface area (Å²) in [6.45, 7) is 2.25. The highest BCUT2D eigenvalue weighted by Crippen LogP contribution is 2.27. The molecule has 0 radical (unpaired) electrons. The second-order valence-corrected chi connectivity index (χ2v) is 5.07. The molecule has 1 unspecified atom stereocenters. The molecule has 2 aromatic rings. The molecule has 1 aromatic carbocycles. The molecule has 0 aliphatic heterocycles. The van der Waals surface area contributed by atoms with Gasteiger partial charge in [-0.2, -0.15) is 12.6 Å². The van der Waals surface area contributed by atoms with Crippen molar-refractivity contribution in [3.8, 4) is 0 Å². The molecule has 0 bridgehead atoms. The number of rotatable bonds is 3. The van der Waals surface area contributed by atoms with Gasteiger partial charge in [-0.15, -0.1) is 11.3 Å². The van der Waals surface area contributed by atoms with Crippen molar-refractivity contribution in [2.45, 2.75) is 13.3 Å². The molecule has 0 amide bonds. The average molecular weight is 222 g/mol. The summed E-state index contributed by atoms with van der Waals surface area (Å²) in [4.78, 5) is 1.50. The van der Waals surface area contributed by atoms with E-state index in [1.807, 2.05) is 11.3 Å². The van der Waals surface area contributed by atoms with E-state index < -0.39 is 0 Å². The van der Waals surface area contributed by atoms with Crippen molar-refractivity contribution in [1.29, 1.82) is 0 Å². The summed E-state index contributed by atoms with van der Waals surface area (Å²) >= 11 is 6.20. The minimum absolute atomic E-state index is 0.667. The number of hydrogen-bond donors (Lipinski definition) is 1. The van der Waals surface area contributed by atoms with Crippen LogP contribution in [0.5, 0.6) is 0 Å². The molecule has 14 heavy (non-hydrogen) atoms. The maximum atomic E-state index is 4.33. The standard InChI is InChI=1S/C12H14S2/c1-9(7-13)6-12-11-5-3-2-4-10(11)8-14-12/h2-5,8-9,13H,6-7H2,1H3. The predicted molar refractivity (Wildman–Crippen MR) is 68.5 cm³/mol. The Morgan fingerprint density at radius 2 is 2.14 bits per heavy atom. The highest BCUT2D eigenvalue weighted by Gasteiger charge is 2.06. The van der Waals surface area contributed by atoms with Gasteiger partial charge in [-0.1, -0.05) is 31.2 Å². The van der Waals surface area contributed by atoms with Gasteiger partial charge in [0.1, 0.15) is 0 Å². The minimum atomic E-state index is 0.667. The van der Waals surface area contributed by atoms with Gasteiger partial charge in [0.15, 0.2) is 0 Å². The number of benzene rings is 1. The molecule has 0 saturated heterocycles.